The molecule has 0 bridgehead atoms. The minimum Gasteiger partial charge on any atom is -0.355 e. The Morgan fingerprint density at radius 1 is 1.62 bits per heavy atom. The second-order valence-electron chi connectivity index (χ2n) is 4.98. The zero-order valence-corrected chi connectivity index (χ0v) is 13.8. The van der Waals surface area contributed by atoms with Gasteiger partial charge in [0.1, 0.15) is 6.04 Å². The molecule has 21 heavy (non-hydrogen) atoms. The Hall–Kier alpha value is -0.730. The molecule has 1 aliphatic heterocycles. The molecule has 0 radical (unpaired) electrons. The SMILES string of the molecule is CCCNC(=O)C(CS)N[P+](=O)[C@@]1(N)CCCN(N)C1=O. The highest BCUT2D eigenvalue weighted by Crippen LogP contribution is 2.38. The molecule has 6 N–H and O–H groups in total. The second-order valence-corrected chi connectivity index (χ2v) is 6.99. The third kappa shape index (κ3) is 4.37. The largest absolute Gasteiger partial charge is 0.465 e. The van der Waals surface area contributed by atoms with Gasteiger partial charge in [0.2, 0.25) is 5.91 Å². The molecule has 1 aliphatic rings. The van der Waals surface area contributed by atoms with E-state index in [-0.39, 0.29) is 18.1 Å². The van der Waals surface area contributed by atoms with Crippen molar-refractivity contribution in [3.05, 3.63) is 0 Å². The molecule has 0 aromatic rings. The number of amides is 2. The first-order valence-electron chi connectivity index (χ1n) is 6.84. The average Bonchev–Trinajstić information content (AvgIpc) is 2.47. The summed E-state index contributed by atoms with van der Waals surface area (Å²) in [5.41, 5.74) is 5.97. The zero-order chi connectivity index (χ0) is 16.0. The van der Waals surface area contributed by atoms with E-state index < -0.39 is 25.2 Å². The Balaban J connectivity index is 2.73. The molecule has 2 amide bonds. The van der Waals surface area contributed by atoms with Crippen molar-refractivity contribution in [2.75, 3.05) is 18.8 Å². The molecule has 0 aromatic heterocycles. The first-order valence-corrected chi connectivity index (χ1v) is 8.73. The number of hydrogen-bond acceptors (Lipinski definition) is 6. The molecule has 0 spiro atoms. The average molecular weight is 336 g/mol. The lowest BCUT2D eigenvalue weighted by Crippen LogP contribution is -2.60. The number of piperidine rings is 1. The summed E-state index contributed by atoms with van der Waals surface area (Å²) in [5, 5.41) is 4.72. The van der Waals surface area contributed by atoms with Crippen molar-refractivity contribution in [1.82, 2.24) is 15.4 Å². The summed E-state index contributed by atoms with van der Waals surface area (Å²) >= 11 is 4.07. The molecule has 1 heterocycles. The van der Waals surface area contributed by atoms with E-state index in [1.807, 2.05) is 6.92 Å². The number of hydrazine groups is 1. The van der Waals surface area contributed by atoms with Crippen LogP contribution in [0, 0.1) is 0 Å². The zero-order valence-electron chi connectivity index (χ0n) is 12.0. The van der Waals surface area contributed by atoms with Gasteiger partial charge < -0.3 is 5.32 Å². The number of thiol groups is 1. The first kappa shape index (κ1) is 18.3. The summed E-state index contributed by atoms with van der Waals surface area (Å²) in [6.07, 6.45) is 1.62. The fourth-order valence-electron chi connectivity index (χ4n) is 1.97. The van der Waals surface area contributed by atoms with Crippen LogP contribution < -0.4 is 22.0 Å². The Morgan fingerprint density at radius 2 is 2.29 bits per heavy atom. The molecule has 0 saturated carbocycles. The lowest BCUT2D eigenvalue weighted by atomic mass is 10.1. The van der Waals surface area contributed by atoms with Crippen LogP contribution >= 0.6 is 20.6 Å². The van der Waals surface area contributed by atoms with Gasteiger partial charge in [-0.25, -0.2) is 5.84 Å². The molecule has 2 unspecified atom stereocenters. The highest BCUT2D eigenvalue weighted by Gasteiger charge is 2.57. The number of hydrogen-bond donors (Lipinski definition) is 5. The molecule has 8 nitrogen and oxygen atoms in total. The maximum absolute atomic E-state index is 12.4. The van der Waals surface area contributed by atoms with E-state index in [0.717, 1.165) is 11.4 Å². The summed E-state index contributed by atoms with van der Waals surface area (Å²) < 4.78 is 12.4. The molecular formula is C11H23N5O3PS+. The fourth-order valence-corrected chi connectivity index (χ4v) is 3.76. The molecule has 0 aromatic carbocycles. The number of nitrogens with one attached hydrogen (secondary N) is 2. The highest BCUT2D eigenvalue weighted by atomic mass is 32.1. The van der Waals surface area contributed by atoms with Crippen molar-refractivity contribution in [3.8, 4) is 0 Å². The predicted octanol–water partition coefficient (Wildman–Crippen LogP) is -0.706. The lowest BCUT2D eigenvalue weighted by Gasteiger charge is -2.29. The number of nitrogens with two attached hydrogens (primary N) is 2. The monoisotopic (exact) mass is 336 g/mol. The number of nitrogens with zero attached hydrogens (tertiary/aromatic N) is 1. The van der Waals surface area contributed by atoms with Gasteiger partial charge in [0.05, 0.1) is 0 Å². The number of carbonyl (C=O) groups is 2. The van der Waals surface area contributed by atoms with Crippen LogP contribution in [0.3, 0.4) is 0 Å². The summed E-state index contributed by atoms with van der Waals surface area (Å²) in [4.78, 5) is 23.9. The maximum Gasteiger partial charge on any atom is 0.465 e. The summed E-state index contributed by atoms with van der Waals surface area (Å²) in [6.45, 7) is 2.83. The van der Waals surface area contributed by atoms with Crippen LogP contribution in [-0.4, -0.2) is 47.0 Å². The summed E-state index contributed by atoms with van der Waals surface area (Å²) in [7, 11) is -2.34. The standard InChI is InChI=1S/C11H22N5O3PS/c1-2-5-14-9(17)8(7-21)15-20(19)11(12)4-3-6-16(13)10(11)18/h8H,2-7,12-13H2,1H3,(H2-,14,15,17,19,21)/p+1/t8?,11-/m0/s1. The van der Waals surface area contributed by atoms with Crippen molar-refractivity contribution >= 4 is 32.4 Å². The van der Waals surface area contributed by atoms with E-state index in [1.54, 1.807) is 0 Å². The van der Waals surface area contributed by atoms with Gasteiger partial charge in [-0.05, 0) is 17.4 Å². The van der Waals surface area contributed by atoms with Crippen molar-refractivity contribution in [2.45, 2.75) is 37.5 Å². The Bertz CT molecular complexity index is 425. The van der Waals surface area contributed by atoms with Gasteiger partial charge in [-0.1, -0.05) is 12.0 Å². The van der Waals surface area contributed by atoms with Crippen LogP contribution in [0.5, 0.6) is 0 Å². The van der Waals surface area contributed by atoms with Gasteiger partial charge in [-0.3, -0.25) is 20.3 Å². The van der Waals surface area contributed by atoms with Crippen LogP contribution in [0.2, 0.25) is 0 Å². The van der Waals surface area contributed by atoms with E-state index in [0.29, 0.717) is 19.5 Å². The van der Waals surface area contributed by atoms with Gasteiger partial charge in [0.25, 0.3) is 0 Å². The number of carbonyl (C=O) groups excluding carboxylic acids is 2. The van der Waals surface area contributed by atoms with Crippen LogP contribution in [0.15, 0.2) is 0 Å². The van der Waals surface area contributed by atoms with Crippen LogP contribution in [-0.2, 0) is 14.2 Å². The minimum atomic E-state index is -2.34. The maximum atomic E-state index is 12.4. The Morgan fingerprint density at radius 3 is 2.86 bits per heavy atom. The van der Waals surface area contributed by atoms with Gasteiger partial charge in [-0.15, -0.1) is 0 Å². The third-order valence-corrected chi connectivity index (χ3v) is 5.32. The van der Waals surface area contributed by atoms with Gasteiger partial charge >= 0.3 is 19.1 Å². The van der Waals surface area contributed by atoms with Crippen LogP contribution in [0.25, 0.3) is 0 Å². The lowest BCUT2D eigenvalue weighted by molar-refractivity contribution is -0.137. The van der Waals surface area contributed by atoms with Gasteiger partial charge in [0.15, 0.2) is 0 Å². The minimum absolute atomic E-state index is 0.146. The topological polar surface area (TPSA) is 131 Å². The number of rotatable bonds is 7. The molecule has 10 heteroatoms. The molecular weight excluding hydrogens is 313 g/mol. The summed E-state index contributed by atoms with van der Waals surface area (Å²) in [5.74, 6) is 4.79. The van der Waals surface area contributed by atoms with E-state index >= 15 is 0 Å². The first-order chi connectivity index (χ1) is 9.86. The second kappa shape index (κ2) is 8.05. The summed E-state index contributed by atoms with van der Waals surface area (Å²) in [6, 6.07) is -0.773. The van der Waals surface area contributed by atoms with E-state index in [1.165, 1.54) is 0 Å². The van der Waals surface area contributed by atoms with Crippen molar-refractivity contribution in [2.24, 2.45) is 11.6 Å². The van der Waals surface area contributed by atoms with E-state index in [4.69, 9.17) is 11.6 Å². The van der Waals surface area contributed by atoms with Gasteiger partial charge in [-0.2, -0.15) is 12.6 Å². The Labute approximate surface area is 130 Å². The van der Waals surface area contributed by atoms with E-state index in [9.17, 15) is 14.2 Å². The fraction of sp³-hybridized carbons (Fsp3) is 0.818. The molecule has 3 atom stereocenters. The van der Waals surface area contributed by atoms with Crippen LogP contribution in [0.1, 0.15) is 26.2 Å². The Kier molecular flexibility index (Phi) is 7.02. The van der Waals surface area contributed by atoms with Gasteiger partial charge in [0, 0.05) is 25.3 Å². The smallest absolute Gasteiger partial charge is 0.355 e. The third-order valence-electron chi connectivity index (χ3n) is 3.27. The molecule has 1 saturated heterocycles. The van der Waals surface area contributed by atoms with E-state index in [2.05, 4.69) is 23.0 Å². The van der Waals surface area contributed by atoms with Crippen molar-refractivity contribution in [3.63, 3.8) is 0 Å². The van der Waals surface area contributed by atoms with Crippen LogP contribution in [0.4, 0.5) is 0 Å². The molecule has 0 aliphatic carbocycles. The molecule has 1 fully saturated rings. The highest BCUT2D eigenvalue weighted by molar-refractivity contribution is 7.80. The predicted molar refractivity (Wildman–Crippen MR) is 83.7 cm³/mol. The quantitative estimate of drug-likeness (QED) is 0.181. The molecule has 120 valence electrons. The van der Waals surface area contributed by atoms with Crippen molar-refractivity contribution in [1.29, 1.82) is 0 Å². The van der Waals surface area contributed by atoms with Crippen molar-refractivity contribution < 1.29 is 14.2 Å². The molecule has 1 rings (SSSR count). The normalized spacial score (nSPS) is 24.7.